The molecule has 156 valence electrons. The Morgan fingerprint density at radius 2 is 1.90 bits per heavy atom. The maximum absolute atomic E-state index is 12.8. The summed E-state index contributed by atoms with van der Waals surface area (Å²) in [5.74, 6) is 1.52. The molecule has 1 amide bonds. The molecular formula is C21H26N8O. The summed E-state index contributed by atoms with van der Waals surface area (Å²) in [6, 6.07) is 5.82. The summed E-state index contributed by atoms with van der Waals surface area (Å²) in [7, 11) is 2.09. The predicted octanol–water partition coefficient (Wildman–Crippen LogP) is 1.68. The van der Waals surface area contributed by atoms with E-state index in [2.05, 4.69) is 42.3 Å². The summed E-state index contributed by atoms with van der Waals surface area (Å²) in [4.78, 5) is 26.0. The molecule has 3 aromatic rings. The molecule has 0 radical (unpaired) electrons. The van der Waals surface area contributed by atoms with Gasteiger partial charge in [-0.2, -0.15) is 0 Å². The number of fused-ring (bicyclic) bond motifs is 1. The van der Waals surface area contributed by atoms with Crippen LogP contribution in [0.5, 0.6) is 0 Å². The third kappa shape index (κ3) is 3.60. The monoisotopic (exact) mass is 406 g/mol. The van der Waals surface area contributed by atoms with E-state index < -0.39 is 0 Å². The molecule has 4 heterocycles. The number of amides is 1. The zero-order valence-electron chi connectivity index (χ0n) is 17.1. The first-order valence-corrected chi connectivity index (χ1v) is 10.6. The van der Waals surface area contributed by atoms with E-state index in [0.717, 1.165) is 43.4 Å². The number of anilines is 1. The van der Waals surface area contributed by atoms with Crippen molar-refractivity contribution in [3.05, 3.63) is 48.2 Å². The van der Waals surface area contributed by atoms with Crippen LogP contribution in [0.4, 0.5) is 5.95 Å². The van der Waals surface area contributed by atoms with Gasteiger partial charge in [-0.3, -0.25) is 14.1 Å². The van der Waals surface area contributed by atoms with Crippen LogP contribution in [0.2, 0.25) is 0 Å². The molecule has 0 spiro atoms. The zero-order valence-corrected chi connectivity index (χ0v) is 17.1. The van der Waals surface area contributed by atoms with E-state index in [1.54, 1.807) is 12.4 Å². The van der Waals surface area contributed by atoms with Gasteiger partial charge >= 0.3 is 0 Å². The second-order valence-corrected chi connectivity index (χ2v) is 8.15. The Morgan fingerprint density at radius 1 is 1.10 bits per heavy atom. The normalized spacial score (nSPS) is 20.7. The molecule has 0 unspecified atom stereocenters. The number of carbonyl (C=O) groups excluding carboxylic acids is 1. The highest BCUT2D eigenvalue weighted by molar-refractivity contribution is 5.94. The molecule has 1 N–H and O–H groups in total. The summed E-state index contributed by atoms with van der Waals surface area (Å²) >= 11 is 0. The zero-order chi connectivity index (χ0) is 20.5. The first kappa shape index (κ1) is 18.9. The van der Waals surface area contributed by atoms with Gasteiger partial charge < -0.3 is 10.2 Å². The fraction of sp³-hybridized carbons (Fsp3) is 0.476. The molecule has 1 aliphatic heterocycles. The van der Waals surface area contributed by atoms with Crippen molar-refractivity contribution in [1.29, 1.82) is 0 Å². The minimum Gasteiger partial charge on any atom is -0.349 e. The number of hydrogen-bond acceptors (Lipinski definition) is 7. The minimum absolute atomic E-state index is 0.0192. The van der Waals surface area contributed by atoms with Gasteiger partial charge in [0.25, 0.3) is 5.91 Å². The SMILES string of the molecule is CN1CCN(c2ncccn2)C[C@@H]1c1nnc2ccc(C(=O)NC3CCCC3)cn12. The van der Waals surface area contributed by atoms with Crippen LogP contribution in [0.25, 0.3) is 5.65 Å². The smallest absolute Gasteiger partial charge is 0.252 e. The van der Waals surface area contributed by atoms with Gasteiger partial charge in [-0.25, -0.2) is 9.97 Å². The topological polar surface area (TPSA) is 91.6 Å². The number of nitrogens with one attached hydrogen (secondary N) is 1. The van der Waals surface area contributed by atoms with Crippen molar-refractivity contribution < 1.29 is 4.79 Å². The minimum atomic E-state index is -0.0280. The largest absolute Gasteiger partial charge is 0.349 e. The maximum Gasteiger partial charge on any atom is 0.252 e. The van der Waals surface area contributed by atoms with Crippen molar-refractivity contribution >= 4 is 17.5 Å². The Hall–Kier alpha value is -3.07. The Labute approximate surface area is 175 Å². The van der Waals surface area contributed by atoms with Crippen molar-refractivity contribution in [2.45, 2.75) is 37.8 Å². The average Bonchev–Trinajstić information content (AvgIpc) is 3.44. The molecule has 9 heteroatoms. The Kier molecular flexibility index (Phi) is 5.04. The van der Waals surface area contributed by atoms with Gasteiger partial charge in [0.2, 0.25) is 5.95 Å². The van der Waals surface area contributed by atoms with Gasteiger partial charge in [0, 0.05) is 44.3 Å². The molecule has 1 saturated heterocycles. The number of hydrogen-bond donors (Lipinski definition) is 1. The molecule has 9 nitrogen and oxygen atoms in total. The summed E-state index contributed by atoms with van der Waals surface area (Å²) < 4.78 is 1.94. The predicted molar refractivity (Wildman–Crippen MR) is 112 cm³/mol. The van der Waals surface area contributed by atoms with Crippen molar-refractivity contribution in [2.75, 3.05) is 31.6 Å². The van der Waals surface area contributed by atoms with Gasteiger partial charge in [-0.1, -0.05) is 12.8 Å². The molecule has 0 aromatic carbocycles. The molecule has 1 saturated carbocycles. The lowest BCUT2D eigenvalue weighted by Crippen LogP contribution is -2.48. The fourth-order valence-corrected chi connectivity index (χ4v) is 4.40. The van der Waals surface area contributed by atoms with Crippen LogP contribution in [0, 0.1) is 0 Å². The molecule has 30 heavy (non-hydrogen) atoms. The van der Waals surface area contributed by atoms with Crippen LogP contribution in [0.1, 0.15) is 47.9 Å². The van der Waals surface area contributed by atoms with Gasteiger partial charge in [-0.15, -0.1) is 10.2 Å². The van der Waals surface area contributed by atoms with Crippen LogP contribution < -0.4 is 10.2 Å². The lowest BCUT2D eigenvalue weighted by molar-refractivity contribution is 0.0937. The number of pyridine rings is 1. The highest BCUT2D eigenvalue weighted by atomic mass is 16.1. The van der Waals surface area contributed by atoms with E-state index in [1.807, 2.05) is 28.8 Å². The first-order chi connectivity index (χ1) is 14.7. The second kappa shape index (κ2) is 7.98. The molecule has 1 atom stereocenters. The number of aromatic nitrogens is 5. The highest BCUT2D eigenvalue weighted by Gasteiger charge is 2.30. The third-order valence-electron chi connectivity index (χ3n) is 6.16. The number of nitrogens with zero attached hydrogens (tertiary/aromatic N) is 7. The van der Waals surface area contributed by atoms with Crippen LogP contribution >= 0.6 is 0 Å². The van der Waals surface area contributed by atoms with Gasteiger partial charge in [0.15, 0.2) is 11.5 Å². The molecule has 5 rings (SSSR count). The Bertz CT molecular complexity index is 1030. The lowest BCUT2D eigenvalue weighted by atomic mass is 10.1. The number of likely N-dealkylation sites (N-methyl/N-ethyl adjacent to an activating group) is 1. The number of piperazine rings is 1. The standard InChI is InChI=1S/C21H26N8O/c1-27-11-12-28(21-22-9-4-10-23-21)14-17(27)19-26-25-18-8-7-15(13-29(18)19)20(30)24-16-5-2-3-6-16/h4,7-10,13,16-17H,2-3,5-6,11-12,14H2,1H3,(H,24,30)/t17-/m1/s1. The average molecular weight is 406 g/mol. The molecule has 2 fully saturated rings. The fourth-order valence-electron chi connectivity index (χ4n) is 4.40. The van der Waals surface area contributed by atoms with Crippen LogP contribution in [-0.4, -0.2) is 68.1 Å². The summed E-state index contributed by atoms with van der Waals surface area (Å²) in [6.45, 7) is 2.42. The van der Waals surface area contributed by atoms with E-state index >= 15 is 0 Å². The van der Waals surface area contributed by atoms with Crippen molar-refractivity contribution in [3.8, 4) is 0 Å². The van der Waals surface area contributed by atoms with E-state index in [-0.39, 0.29) is 18.0 Å². The van der Waals surface area contributed by atoms with Gasteiger partial charge in [0.1, 0.15) is 0 Å². The summed E-state index contributed by atoms with van der Waals surface area (Å²) in [6.07, 6.45) is 9.90. The van der Waals surface area contributed by atoms with Gasteiger partial charge in [-0.05, 0) is 38.1 Å². The van der Waals surface area contributed by atoms with Crippen molar-refractivity contribution in [3.63, 3.8) is 0 Å². The van der Waals surface area contributed by atoms with E-state index in [4.69, 9.17) is 0 Å². The van der Waals surface area contributed by atoms with Crippen LogP contribution in [0.3, 0.4) is 0 Å². The molecule has 0 bridgehead atoms. The van der Waals surface area contributed by atoms with Gasteiger partial charge in [0.05, 0.1) is 11.6 Å². The third-order valence-corrected chi connectivity index (χ3v) is 6.16. The molecule has 1 aliphatic carbocycles. The quantitative estimate of drug-likeness (QED) is 0.705. The van der Waals surface area contributed by atoms with Crippen molar-refractivity contribution in [1.82, 2.24) is 34.8 Å². The second-order valence-electron chi connectivity index (χ2n) is 8.15. The van der Waals surface area contributed by atoms with Crippen LogP contribution in [0.15, 0.2) is 36.8 Å². The molecule has 3 aromatic heterocycles. The molecular weight excluding hydrogens is 380 g/mol. The summed E-state index contributed by atoms with van der Waals surface area (Å²) in [5.41, 5.74) is 1.38. The molecule has 2 aliphatic rings. The van der Waals surface area contributed by atoms with Crippen LogP contribution in [-0.2, 0) is 0 Å². The highest BCUT2D eigenvalue weighted by Crippen LogP contribution is 2.25. The van der Waals surface area contributed by atoms with E-state index in [9.17, 15) is 4.79 Å². The maximum atomic E-state index is 12.8. The van der Waals surface area contributed by atoms with E-state index in [1.165, 1.54) is 12.8 Å². The van der Waals surface area contributed by atoms with Crippen molar-refractivity contribution in [2.24, 2.45) is 0 Å². The lowest BCUT2D eigenvalue weighted by Gasteiger charge is -2.38. The number of rotatable bonds is 4. The first-order valence-electron chi connectivity index (χ1n) is 10.6. The van der Waals surface area contributed by atoms with E-state index in [0.29, 0.717) is 12.1 Å². The summed E-state index contributed by atoms with van der Waals surface area (Å²) in [5, 5.41) is 12.0. The number of carbonyl (C=O) groups is 1. The Morgan fingerprint density at radius 3 is 2.70 bits per heavy atom. The Balaban J connectivity index is 1.42.